The first-order valence-corrected chi connectivity index (χ1v) is 12.8. The van der Waals surface area contributed by atoms with Gasteiger partial charge in [0.15, 0.2) is 0 Å². The molecule has 3 heterocycles. The average molecular weight is 508 g/mol. The minimum Gasteiger partial charge on any atom is -0.497 e. The molecule has 3 amide bonds. The van der Waals surface area contributed by atoms with Crippen LogP contribution in [0.5, 0.6) is 5.75 Å². The van der Waals surface area contributed by atoms with Crippen LogP contribution in [0, 0.1) is 11.8 Å². The molecular formula is C28H33N3O6. The van der Waals surface area contributed by atoms with Crippen molar-refractivity contribution >= 4 is 23.4 Å². The Kier molecular flexibility index (Phi) is 6.92. The SMILES string of the molecule is CCCNC(=O)[C@@H]1[C@@H]2CCC3(O2)C(C(=O)Nc2ccc(OC)cc2)N([C@H](CO)c2ccccc2)C(=O)[C@H]13. The zero-order valence-corrected chi connectivity index (χ0v) is 21.1. The van der Waals surface area contributed by atoms with Gasteiger partial charge in [0, 0.05) is 12.2 Å². The van der Waals surface area contributed by atoms with Crippen LogP contribution in [-0.2, 0) is 19.1 Å². The molecule has 2 aromatic rings. The second kappa shape index (κ2) is 10.1. The number of nitrogens with one attached hydrogen (secondary N) is 2. The lowest BCUT2D eigenvalue weighted by Crippen LogP contribution is -2.54. The number of fused-ring (bicyclic) bond motifs is 1. The Morgan fingerprint density at radius 1 is 1.16 bits per heavy atom. The minimum absolute atomic E-state index is 0.219. The summed E-state index contributed by atoms with van der Waals surface area (Å²) in [5.41, 5.74) is 0.107. The number of rotatable bonds is 9. The number of aliphatic hydroxyl groups excluding tert-OH is 1. The Hall–Kier alpha value is -3.43. The standard InChI is InChI=1S/C28H33N3O6/c1-3-15-29-25(33)22-21-13-14-28(37-21)23(22)27(35)31(20(16-32)17-7-5-4-6-8-17)24(28)26(34)30-18-9-11-19(36-2)12-10-18/h4-12,20-24,32H,3,13-16H2,1-2H3,(H,29,33)(H,30,34)/t20-,21+,22-,23+,24?,28?/m1/s1. The molecule has 0 saturated carbocycles. The highest BCUT2D eigenvalue weighted by Crippen LogP contribution is 2.59. The maximum absolute atomic E-state index is 14.1. The monoisotopic (exact) mass is 507 g/mol. The molecule has 0 radical (unpaired) electrons. The number of ether oxygens (including phenoxy) is 2. The van der Waals surface area contributed by atoms with Gasteiger partial charge in [-0.3, -0.25) is 14.4 Å². The lowest BCUT2D eigenvalue weighted by Gasteiger charge is -2.36. The van der Waals surface area contributed by atoms with Crippen molar-refractivity contribution in [2.75, 3.05) is 25.6 Å². The van der Waals surface area contributed by atoms with Crippen molar-refractivity contribution in [1.82, 2.24) is 10.2 Å². The molecule has 0 aromatic heterocycles. The lowest BCUT2D eigenvalue weighted by molar-refractivity contribution is -0.144. The smallest absolute Gasteiger partial charge is 0.250 e. The Morgan fingerprint density at radius 2 is 1.89 bits per heavy atom. The van der Waals surface area contributed by atoms with Gasteiger partial charge in [-0.05, 0) is 49.1 Å². The van der Waals surface area contributed by atoms with Crippen LogP contribution in [0.15, 0.2) is 54.6 Å². The van der Waals surface area contributed by atoms with E-state index in [4.69, 9.17) is 9.47 Å². The first kappa shape index (κ1) is 25.2. The minimum atomic E-state index is -1.14. The summed E-state index contributed by atoms with van der Waals surface area (Å²) in [4.78, 5) is 42.8. The predicted octanol–water partition coefficient (Wildman–Crippen LogP) is 2.27. The number of amides is 3. The third-order valence-electron chi connectivity index (χ3n) is 7.89. The van der Waals surface area contributed by atoms with Crippen LogP contribution < -0.4 is 15.4 Å². The van der Waals surface area contributed by atoms with Crippen molar-refractivity contribution in [3.05, 3.63) is 60.2 Å². The van der Waals surface area contributed by atoms with Crippen LogP contribution in [0.3, 0.4) is 0 Å². The van der Waals surface area contributed by atoms with Gasteiger partial charge in [-0.25, -0.2) is 0 Å². The Balaban J connectivity index is 1.54. The fourth-order valence-electron chi connectivity index (χ4n) is 6.31. The Morgan fingerprint density at radius 3 is 2.54 bits per heavy atom. The van der Waals surface area contributed by atoms with Gasteiger partial charge < -0.3 is 30.1 Å². The molecule has 37 heavy (non-hydrogen) atoms. The fraction of sp³-hybridized carbons (Fsp3) is 0.464. The number of hydrogen-bond acceptors (Lipinski definition) is 6. The highest BCUT2D eigenvalue weighted by Gasteiger charge is 2.75. The van der Waals surface area contributed by atoms with Gasteiger partial charge in [-0.15, -0.1) is 0 Å². The normalized spacial score (nSPS) is 28.6. The number of methoxy groups -OCH3 is 1. The van der Waals surface area contributed by atoms with Gasteiger partial charge in [0.1, 0.15) is 17.4 Å². The number of likely N-dealkylation sites (tertiary alicyclic amines) is 1. The first-order chi connectivity index (χ1) is 17.9. The molecule has 3 fully saturated rings. The summed E-state index contributed by atoms with van der Waals surface area (Å²) in [6.07, 6.45) is 1.42. The van der Waals surface area contributed by atoms with E-state index >= 15 is 0 Å². The molecule has 1 spiro atoms. The molecule has 5 rings (SSSR count). The van der Waals surface area contributed by atoms with Crippen molar-refractivity contribution in [2.24, 2.45) is 11.8 Å². The number of aliphatic hydroxyl groups is 1. The van der Waals surface area contributed by atoms with Gasteiger partial charge >= 0.3 is 0 Å². The molecule has 9 nitrogen and oxygen atoms in total. The van der Waals surface area contributed by atoms with Crippen molar-refractivity contribution in [2.45, 2.75) is 50.0 Å². The van der Waals surface area contributed by atoms with Crippen molar-refractivity contribution in [1.29, 1.82) is 0 Å². The fourth-order valence-corrected chi connectivity index (χ4v) is 6.31. The molecular weight excluding hydrogens is 474 g/mol. The number of hydrogen-bond donors (Lipinski definition) is 3. The Labute approximate surface area is 216 Å². The maximum atomic E-state index is 14.1. The van der Waals surface area contributed by atoms with Crippen molar-refractivity contribution in [3.63, 3.8) is 0 Å². The molecule has 6 atom stereocenters. The van der Waals surface area contributed by atoms with E-state index in [0.717, 1.165) is 6.42 Å². The van der Waals surface area contributed by atoms with E-state index in [1.165, 1.54) is 4.90 Å². The number of carbonyl (C=O) groups is 3. The van der Waals surface area contributed by atoms with Crippen molar-refractivity contribution < 1.29 is 29.0 Å². The van der Waals surface area contributed by atoms with Crippen LogP contribution in [0.25, 0.3) is 0 Å². The maximum Gasteiger partial charge on any atom is 0.250 e. The molecule has 3 N–H and O–H groups in total. The van der Waals surface area contributed by atoms with E-state index in [0.29, 0.717) is 36.4 Å². The summed E-state index contributed by atoms with van der Waals surface area (Å²) >= 11 is 0. The quantitative estimate of drug-likeness (QED) is 0.479. The molecule has 196 valence electrons. The third-order valence-corrected chi connectivity index (χ3v) is 7.89. The average Bonchev–Trinajstić information content (AvgIpc) is 3.56. The molecule has 9 heteroatoms. The van der Waals surface area contributed by atoms with Crippen LogP contribution >= 0.6 is 0 Å². The lowest BCUT2D eigenvalue weighted by atomic mass is 9.70. The number of carbonyl (C=O) groups excluding carboxylic acids is 3. The first-order valence-electron chi connectivity index (χ1n) is 12.8. The molecule has 3 aliphatic rings. The highest BCUT2D eigenvalue weighted by atomic mass is 16.5. The van der Waals surface area contributed by atoms with Crippen LogP contribution in [0.4, 0.5) is 5.69 Å². The summed E-state index contributed by atoms with van der Waals surface area (Å²) in [5.74, 6) is -1.79. The molecule has 3 aliphatic heterocycles. The second-order valence-corrected chi connectivity index (χ2v) is 9.92. The van der Waals surface area contributed by atoms with E-state index in [2.05, 4.69) is 10.6 Å². The highest BCUT2D eigenvalue weighted by molar-refractivity contribution is 6.03. The van der Waals surface area contributed by atoms with Gasteiger partial charge in [0.2, 0.25) is 17.7 Å². The van der Waals surface area contributed by atoms with E-state index < -0.39 is 41.5 Å². The van der Waals surface area contributed by atoms with E-state index in [9.17, 15) is 19.5 Å². The summed E-state index contributed by atoms with van der Waals surface area (Å²) in [6.45, 7) is 2.10. The van der Waals surface area contributed by atoms with E-state index in [1.54, 1.807) is 31.4 Å². The predicted molar refractivity (Wildman–Crippen MR) is 136 cm³/mol. The summed E-state index contributed by atoms with van der Waals surface area (Å²) in [6, 6.07) is 14.3. The van der Waals surface area contributed by atoms with Gasteiger partial charge in [-0.2, -0.15) is 0 Å². The number of nitrogens with zero attached hydrogens (tertiary/aromatic N) is 1. The summed E-state index contributed by atoms with van der Waals surface area (Å²) in [5, 5.41) is 16.3. The summed E-state index contributed by atoms with van der Waals surface area (Å²) in [7, 11) is 1.56. The van der Waals surface area contributed by atoms with Gasteiger partial charge in [-0.1, -0.05) is 37.3 Å². The van der Waals surface area contributed by atoms with E-state index in [-0.39, 0.29) is 18.4 Å². The Bertz CT molecular complexity index is 1160. The molecule has 3 saturated heterocycles. The van der Waals surface area contributed by atoms with Crippen LogP contribution in [0.1, 0.15) is 37.8 Å². The second-order valence-electron chi connectivity index (χ2n) is 9.92. The third kappa shape index (κ3) is 4.16. The van der Waals surface area contributed by atoms with E-state index in [1.807, 2.05) is 37.3 Å². The zero-order valence-electron chi connectivity index (χ0n) is 21.1. The number of anilines is 1. The molecule has 2 aromatic carbocycles. The topological polar surface area (TPSA) is 117 Å². The van der Waals surface area contributed by atoms with Crippen molar-refractivity contribution in [3.8, 4) is 5.75 Å². The molecule has 2 bridgehead atoms. The largest absolute Gasteiger partial charge is 0.497 e. The van der Waals surface area contributed by atoms with Gasteiger partial charge in [0.25, 0.3) is 0 Å². The number of benzene rings is 2. The van der Waals surface area contributed by atoms with Crippen LogP contribution in [0.2, 0.25) is 0 Å². The summed E-state index contributed by atoms with van der Waals surface area (Å²) < 4.78 is 11.7. The zero-order chi connectivity index (χ0) is 26.2. The molecule has 0 aliphatic carbocycles. The molecule has 2 unspecified atom stereocenters. The van der Waals surface area contributed by atoms with Crippen LogP contribution in [-0.4, -0.2) is 65.7 Å². The van der Waals surface area contributed by atoms with Gasteiger partial charge in [0.05, 0.1) is 37.7 Å².